The van der Waals surface area contributed by atoms with Gasteiger partial charge in [-0.3, -0.25) is 0 Å². The molecule has 0 spiro atoms. The number of phenols is 1. The molecule has 20 heavy (non-hydrogen) atoms. The predicted molar refractivity (Wildman–Crippen MR) is 78.4 cm³/mol. The Bertz CT molecular complexity index is 659. The largest absolute Gasteiger partial charge is 0.507 e. The van der Waals surface area contributed by atoms with Crippen LogP contribution >= 0.6 is 0 Å². The molecule has 1 heterocycles. The number of nitrogens with one attached hydrogen (secondary N) is 1. The van der Waals surface area contributed by atoms with E-state index in [1.165, 1.54) is 0 Å². The molecule has 0 fully saturated rings. The maximum atomic E-state index is 9.86. The molecule has 0 saturated carbocycles. The van der Waals surface area contributed by atoms with E-state index in [1.807, 2.05) is 26.0 Å². The van der Waals surface area contributed by atoms with E-state index in [0.29, 0.717) is 17.4 Å². The Labute approximate surface area is 117 Å². The summed E-state index contributed by atoms with van der Waals surface area (Å²) >= 11 is 0. The van der Waals surface area contributed by atoms with E-state index in [-0.39, 0.29) is 0 Å². The number of phenolic OH excluding ortho intramolecular Hbond substituents is 1. The second-order valence-corrected chi connectivity index (χ2v) is 5.28. The van der Waals surface area contributed by atoms with Crippen LogP contribution in [-0.4, -0.2) is 15.1 Å². The molecule has 0 amide bonds. The van der Waals surface area contributed by atoms with Crippen molar-refractivity contribution < 1.29 is 5.11 Å². The SMILES string of the molecule is Cc1cc(-c2nc3c(c(NN)n2)CCC3)cc(C)c1O. The summed E-state index contributed by atoms with van der Waals surface area (Å²) in [6.45, 7) is 3.75. The van der Waals surface area contributed by atoms with Crippen LogP contribution in [-0.2, 0) is 12.8 Å². The van der Waals surface area contributed by atoms with E-state index >= 15 is 0 Å². The lowest BCUT2D eigenvalue weighted by atomic mass is 10.0. The molecule has 5 nitrogen and oxygen atoms in total. The van der Waals surface area contributed by atoms with Crippen molar-refractivity contribution in [2.75, 3.05) is 5.43 Å². The van der Waals surface area contributed by atoms with Crippen molar-refractivity contribution in [3.8, 4) is 17.1 Å². The number of benzene rings is 1. The number of aromatic nitrogens is 2. The van der Waals surface area contributed by atoms with Crippen LogP contribution in [0.3, 0.4) is 0 Å². The molecule has 104 valence electrons. The van der Waals surface area contributed by atoms with Gasteiger partial charge in [-0.2, -0.15) is 0 Å². The van der Waals surface area contributed by atoms with E-state index in [0.717, 1.165) is 47.2 Å². The topological polar surface area (TPSA) is 84.1 Å². The molecule has 4 N–H and O–H groups in total. The molecule has 1 aromatic heterocycles. The molecule has 0 radical (unpaired) electrons. The van der Waals surface area contributed by atoms with Crippen LogP contribution in [0.15, 0.2) is 12.1 Å². The molecule has 5 heteroatoms. The van der Waals surface area contributed by atoms with Crippen molar-refractivity contribution in [1.82, 2.24) is 9.97 Å². The Kier molecular flexibility index (Phi) is 3.06. The number of fused-ring (bicyclic) bond motifs is 1. The number of aromatic hydroxyl groups is 1. The third kappa shape index (κ3) is 2.00. The van der Waals surface area contributed by atoms with Crippen LogP contribution in [0.4, 0.5) is 5.82 Å². The Balaban J connectivity index is 2.16. The first kappa shape index (κ1) is 12.9. The number of nitrogens with two attached hydrogens (primary N) is 1. The quantitative estimate of drug-likeness (QED) is 0.575. The fourth-order valence-electron chi connectivity index (χ4n) is 2.77. The van der Waals surface area contributed by atoms with Gasteiger partial charge in [0.1, 0.15) is 11.6 Å². The van der Waals surface area contributed by atoms with Crippen LogP contribution in [0.25, 0.3) is 11.4 Å². The third-order valence-corrected chi connectivity index (χ3v) is 3.82. The average Bonchev–Trinajstić information content (AvgIpc) is 2.91. The van der Waals surface area contributed by atoms with Gasteiger partial charge in [-0.1, -0.05) is 0 Å². The summed E-state index contributed by atoms with van der Waals surface area (Å²) in [4.78, 5) is 9.17. The first-order chi connectivity index (χ1) is 9.60. The van der Waals surface area contributed by atoms with Crippen molar-refractivity contribution in [1.29, 1.82) is 0 Å². The highest BCUT2D eigenvalue weighted by atomic mass is 16.3. The Morgan fingerprint density at radius 2 is 1.85 bits per heavy atom. The third-order valence-electron chi connectivity index (χ3n) is 3.82. The van der Waals surface area contributed by atoms with E-state index < -0.39 is 0 Å². The summed E-state index contributed by atoms with van der Waals surface area (Å²) < 4.78 is 0. The maximum Gasteiger partial charge on any atom is 0.161 e. The Hall–Kier alpha value is -2.14. The second-order valence-electron chi connectivity index (χ2n) is 5.28. The van der Waals surface area contributed by atoms with E-state index in [4.69, 9.17) is 5.84 Å². The van der Waals surface area contributed by atoms with Crippen molar-refractivity contribution in [2.24, 2.45) is 5.84 Å². The van der Waals surface area contributed by atoms with Gasteiger partial charge in [0.05, 0.1) is 0 Å². The number of anilines is 1. The van der Waals surface area contributed by atoms with Crippen LogP contribution in [0, 0.1) is 13.8 Å². The number of nitrogens with zero attached hydrogens (tertiary/aromatic N) is 2. The lowest BCUT2D eigenvalue weighted by Crippen LogP contribution is -2.12. The standard InChI is InChI=1S/C15H18N4O/c1-8-6-10(7-9(2)13(8)20)14-17-12-5-3-4-11(12)15(18-14)19-16/h6-7,20H,3-5,16H2,1-2H3,(H,17,18,19). The van der Waals surface area contributed by atoms with Crippen molar-refractivity contribution in [2.45, 2.75) is 33.1 Å². The monoisotopic (exact) mass is 270 g/mol. The van der Waals surface area contributed by atoms with Crippen molar-refractivity contribution >= 4 is 5.82 Å². The number of hydrogen-bond donors (Lipinski definition) is 3. The van der Waals surface area contributed by atoms with Crippen molar-refractivity contribution in [3.05, 3.63) is 34.5 Å². The van der Waals surface area contributed by atoms with Gasteiger partial charge in [-0.25, -0.2) is 15.8 Å². The van der Waals surface area contributed by atoms with Crippen LogP contribution in [0.2, 0.25) is 0 Å². The molecule has 0 atom stereocenters. The summed E-state index contributed by atoms with van der Waals surface area (Å²) in [6.07, 6.45) is 3.04. The van der Waals surface area contributed by atoms with Gasteiger partial charge in [0.2, 0.25) is 0 Å². The summed E-state index contributed by atoms with van der Waals surface area (Å²) in [5.41, 5.74) is 7.44. The van der Waals surface area contributed by atoms with Crippen LogP contribution in [0.1, 0.15) is 28.8 Å². The first-order valence-corrected chi connectivity index (χ1v) is 6.77. The molecule has 2 aromatic rings. The molecule has 0 unspecified atom stereocenters. The average molecular weight is 270 g/mol. The molecule has 1 aliphatic rings. The maximum absolute atomic E-state index is 9.86. The fourth-order valence-corrected chi connectivity index (χ4v) is 2.77. The van der Waals surface area contributed by atoms with Gasteiger partial charge >= 0.3 is 0 Å². The minimum absolute atomic E-state index is 0.326. The zero-order valence-electron chi connectivity index (χ0n) is 11.7. The molecular formula is C15H18N4O. The fraction of sp³-hybridized carbons (Fsp3) is 0.333. The van der Waals surface area contributed by atoms with E-state index in [9.17, 15) is 5.11 Å². The number of hydrazine groups is 1. The highest BCUT2D eigenvalue weighted by Gasteiger charge is 2.19. The number of aryl methyl sites for hydroxylation is 3. The highest BCUT2D eigenvalue weighted by molar-refractivity contribution is 5.64. The highest BCUT2D eigenvalue weighted by Crippen LogP contribution is 2.31. The second kappa shape index (κ2) is 4.76. The number of hydrogen-bond acceptors (Lipinski definition) is 5. The van der Waals surface area contributed by atoms with Crippen LogP contribution in [0.5, 0.6) is 5.75 Å². The smallest absolute Gasteiger partial charge is 0.161 e. The van der Waals surface area contributed by atoms with Crippen LogP contribution < -0.4 is 11.3 Å². The summed E-state index contributed by atoms with van der Waals surface area (Å²) in [5.74, 6) is 7.27. The lowest BCUT2D eigenvalue weighted by molar-refractivity contribution is 0.467. The first-order valence-electron chi connectivity index (χ1n) is 6.77. The van der Waals surface area contributed by atoms with E-state index in [1.54, 1.807) is 0 Å². The minimum atomic E-state index is 0.326. The van der Waals surface area contributed by atoms with Crippen molar-refractivity contribution in [3.63, 3.8) is 0 Å². The Morgan fingerprint density at radius 3 is 2.50 bits per heavy atom. The molecule has 0 bridgehead atoms. The van der Waals surface area contributed by atoms with Gasteiger partial charge in [0.15, 0.2) is 5.82 Å². The normalized spacial score (nSPS) is 13.3. The molecule has 0 saturated heterocycles. The molecular weight excluding hydrogens is 252 g/mol. The number of rotatable bonds is 2. The van der Waals surface area contributed by atoms with Gasteiger partial charge in [-0.15, -0.1) is 0 Å². The zero-order chi connectivity index (χ0) is 14.3. The predicted octanol–water partition coefficient (Wildman–Crippen LogP) is 2.24. The summed E-state index contributed by atoms with van der Waals surface area (Å²) in [5, 5.41) is 9.86. The molecule has 3 rings (SSSR count). The summed E-state index contributed by atoms with van der Waals surface area (Å²) in [6, 6.07) is 3.80. The molecule has 0 aliphatic heterocycles. The van der Waals surface area contributed by atoms with Gasteiger partial charge in [0.25, 0.3) is 0 Å². The summed E-state index contributed by atoms with van der Waals surface area (Å²) in [7, 11) is 0. The molecule has 1 aliphatic carbocycles. The lowest BCUT2D eigenvalue weighted by Gasteiger charge is -2.11. The minimum Gasteiger partial charge on any atom is -0.507 e. The Morgan fingerprint density at radius 1 is 1.15 bits per heavy atom. The number of nitrogen functional groups attached to an aromatic ring is 1. The zero-order valence-corrected chi connectivity index (χ0v) is 11.7. The van der Waals surface area contributed by atoms with Gasteiger partial charge in [0, 0.05) is 16.8 Å². The van der Waals surface area contributed by atoms with Gasteiger partial charge in [-0.05, 0) is 56.4 Å². The molecule has 1 aromatic carbocycles. The van der Waals surface area contributed by atoms with E-state index in [2.05, 4.69) is 15.4 Å². The van der Waals surface area contributed by atoms with Gasteiger partial charge < -0.3 is 10.5 Å².